The first-order valence-corrected chi connectivity index (χ1v) is 7.21. The van der Waals surface area contributed by atoms with E-state index in [1.54, 1.807) is 12.1 Å². The second-order valence-electron chi connectivity index (χ2n) is 5.21. The van der Waals surface area contributed by atoms with Gasteiger partial charge < -0.3 is 19.7 Å². The van der Waals surface area contributed by atoms with Crippen LogP contribution in [0.15, 0.2) is 28.8 Å². The molecule has 1 fully saturated rings. The Morgan fingerprint density at radius 1 is 1.24 bits per heavy atom. The van der Waals surface area contributed by atoms with Crippen molar-refractivity contribution in [3.63, 3.8) is 0 Å². The Hall–Kier alpha value is -1.92. The molecule has 2 heterocycles. The van der Waals surface area contributed by atoms with E-state index in [0.717, 1.165) is 31.5 Å². The third kappa shape index (κ3) is 4.03. The van der Waals surface area contributed by atoms with Gasteiger partial charge in [0.2, 0.25) is 0 Å². The van der Waals surface area contributed by atoms with Crippen LogP contribution in [-0.2, 0) is 17.8 Å². The molecule has 1 aliphatic heterocycles. The smallest absolute Gasteiger partial charge is 0.252 e. The van der Waals surface area contributed by atoms with E-state index in [9.17, 15) is 5.11 Å². The Morgan fingerprint density at radius 3 is 2.76 bits per heavy atom. The predicted octanol–water partition coefficient (Wildman–Crippen LogP) is 1.63. The van der Waals surface area contributed by atoms with Crippen molar-refractivity contribution in [2.75, 3.05) is 13.1 Å². The third-order valence-corrected chi connectivity index (χ3v) is 3.54. The quantitative estimate of drug-likeness (QED) is 0.871. The van der Waals surface area contributed by atoms with E-state index in [2.05, 4.69) is 15.5 Å². The lowest BCUT2D eigenvalue weighted by Gasteiger charge is -2.21. The summed E-state index contributed by atoms with van der Waals surface area (Å²) in [6.45, 7) is 2.37. The molecule has 2 N–H and O–H groups in total. The van der Waals surface area contributed by atoms with Gasteiger partial charge in [0.25, 0.3) is 5.89 Å². The molecule has 1 aromatic heterocycles. The Bertz CT molecular complexity index is 562. The molecule has 1 aromatic carbocycles. The number of hydrogen-bond acceptors (Lipinski definition) is 6. The van der Waals surface area contributed by atoms with Crippen molar-refractivity contribution in [2.45, 2.75) is 32.0 Å². The maximum absolute atomic E-state index is 9.25. The number of aromatic nitrogens is 2. The molecule has 21 heavy (non-hydrogen) atoms. The van der Waals surface area contributed by atoms with Gasteiger partial charge in [-0.2, -0.15) is 4.98 Å². The molecule has 3 rings (SSSR count). The zero-order valence-corrected chi connectivity index (χ0v) is 11.8. The fourth-order valence-electron chi connectivity index (χ4n) is 2.37. The van der Waals surface area contributed by atoms with E-state index in [4.69, 9.17) is 9.26 Å². The number of ether oxygens (including phenoxy) is 1. The molecule has 0 saturated carbocycles. The maximum Gasteiger partial charge on any atom is 0.252 e. The van der Waals surface area contributed by atoms with Crippen LogP contribution in [0.5, 0.6) is 5.75 Å². The summed E-state index contributed by atoms with van der Waals surface area (Å²) < 4.78 is 11.0. The van der Waals surface area contributed by atoms with Gasteiger partial charge >= 0.3 is 0 Å². The summed E-state index contributed by atoms with van der Waals surface area (Å²) in [6.07, 6.45) is 2.90. The highest BCUT2D eigenvalue weighted by Gasteiger charge is 2.15. The summed E-state index contributed by atoms with van der Waals surface area (Å²) in [4.78, 5) is 4.33. The molecule has 0 unspecified atom stereocenters. The first-order valence-electron chi connectivity index (χ1n) is 7.21. The molecule has 0 aliphatic carbocycles. The van der Waals surface area contributed by atoms with Crippen LogP contribution in [-0.4, -0.2) is 34.4 Å². The van der Waals surface area contributed by atoms with E-state index >= 15 is 0 Å². The summed E-state index contributed by atoms with van der Waals surface area (Å²) >= 11 is 0. The molecule has 2 aromatic rings. The van der Waals surface area contributed by atoms with Crippen LogP contribution in [0.3, 0.4) is 0 Å². The van der Waals surface area contributed by atoms with Gasteiger partial charge in [0.1, 0.15) is 12.4 Å². The van der Waals surface area contributed by atoms with Crippen LogP contribution < -0.4 is 5.32 Å². The zero-order chi connectivity index (χ0) is 14.5. The van der Waals surface area contributed by atoms with Crippen LogP contribution in [0.2, 0.25) is 0 Å². The fourth-order valence-corrected chi connectivity index (χ4v) is 2.37. The van der Waals surface area contributed by atoms with Crippen molar-refractivity contribution in [2.24, 2.45) is 0 Å². The predicted molar refractivity (Wildman–Crippen MR) is 75.9 cm³/mol. The monoisotopic (exact) mass is 289 g/mol. The van der Waals surface area contributed by atoms with Gasteiger partial charge in [-0.3, -0.25) is 0 Å². The van der Waals surface area contributed by atoms with E-state index in [1.165, 1.54) is 0 Å². The minimum absolute atomic E-state index is 0.253. The number of phenols is 1. The Balaban J connectivity index is 1.52. The normalized spacial score (nSPS) is 16.2. The number of piperidine rings is 1. The first kappa shape index (κ1) is 14.0. The van der Waals surface area contributed by atoms with E-state index in [1.807, 2.05) is 12.1 Å². The average molecular weight is 289 g/mol. The van der Waals surface area contributed by atoms with Crippen molar-refractivity contribution < 1.29 is 14.4 Å². The SMILES string of the molecule is Oc1ccc(Cc2noc(COC3CCNCC3)n2)cc1. The van der Waals surface area contributed by atoms with Crippen molar-refractivity contribution in [1.82, 2.24) is 15.5 Å². The molecule has 0 spiro atoms. The highest BCUT2D eigenvalue weighted by molar-refractivity contribution is 5.27. The standard InChI is InChI=1S/C15H19N3O3/c19-12-3-1-11(2-4-12)9-14-17-15(21-18-14)10-20-13-5-7-16-8-6-13/h1-4,13,16,19H,5-10H2. The second kappa shape index (κ2) is 6.69. The lowest BCUT2D eigenvalue weighted by Crippen LogP contribution is -2.32. The summed E-state index contributed by atoms with van der Waals surface area (Å²) in [7, 11) is 0. The number of benzene rings is 1. The molecule has 112 valence electrons. The van der Waals surface area contributed by atoms with Crippen LogP contribution in [0.1, 0.15) is 30.1 Å². The molecular weight excluding hydrogens is 270 g/mol. The molecule has 6 nitrogen and oxygen atoms in total. The minimum atomic E-state index is 0.253. The highest BCUT2D eigenvalue weighted by atomic mass is 16.5. The van der Waals surface area contributed by atoms with Gasteiger partial charge in [-0.1, -0.05) is 17.3 Å². The summed E-state index contributed by atoms with van der Waals surface area (Å²) in [5, 5.41) is 16.5. The summed E-state index contributed by atoms with van der Waals surface area (Å²) in [6, 6.07) is 6.99. The number of aromatic hydroxyl groups is 1. The van der Waals surface area contributed by atoms with Gasteiger partial charge in [-0.05, 0) is 43.6 Å². The molecule has 0 atom stereocenters. The van der Waals surface area contributed by atoms with Crippen LogP contribution in [0, 0.1) is 0 Å². The Kier molecular flexibility index (Phi) is 4.47. The fraction of sp³-hybridized carbons (Fsp3) is 0.467. The highest BCUT2D eigenvalue weighted by Crippen LogP contribution is 2.14. The van der Waals surface area contributed by atoms with Gasteiger partial charge in [0.15, 0.2) is 5.82 Å². The topological polar surface area (TPSA) is 80.4 Å². The van der Waals surface area contributed by atoms with E-state index in [0.29, 0.717) is 24.7 Å². The number of phenolic OH excluding ortho intramolecular Hbond substituents is 1. The number of rotatable bonds is 5. The van der Waals surface area contributed by atoms with Crippen molar-refractivity contribution in [3.05, 3.63) is 41.5 Å². The lowest BCUT2D eigenvalue weighted by atomic mass is 10.1. The molecule has 0 radical (unpaired) electrons. The van der Waals surface area contributed by atoms with E-state index < -0.39 is 0 Å². The van der Waals surface area contributed by atoms with Crippen LogP contribution >= 0.6 is 0 Å². The largest absolute Gasteiger partial charge is 0.508 e. The summed E-state index contributed by atoms with van der Waals surface area (Å²) in [5.41, 5.74) is 1.03. The van der Waals surface area contributed by atoms with Gasteiger partial charge in [0.05, 0.1) is 6.10 Å². The lowest BCUT2D eigenvalue weighted by molar-refractivity contribution is 0.00859. The Labute approximate surface area is 123 Å². The molecular formula is C15H19N3O3. The molecule has 0 amide bonds. The number of nitrogens with zero attached hydrogens (tertiary/aromatic N) is 2. The molecule has 1 saturated heterocycles. The van der Waals surface area contributed by atoms with E-state index in [-0.39, 0.29) is 11.9 Å². The second-order valence-corrected chi connectivity index (χ2v) is 5.21. The number of hydrogen-bond donors (Lipinski definition) is 2. The van der Waals surface area contributed by atoms with Crippen LogP contribution in [0.25, 0.3) is 0 Å². The van der Waals surface area contributed by atoms with Gasteiger partial charge in [-0.15, -0.1) is 0 Å². The van der Waals surface area contributed by atoms with Gasteiger partial charge in [-0.25, -0.2) is 0 Å². The third-order valence-electron chi connectivity index (χ3n) is 3.54. The Morgan fingerprint density at radius 2 is 2.00 bits per heavy atom. The molecule has 0 bridgehead atoms. The van der Waals surface area contributed by atoms with Crippen molar-refractivity contribution >= 4 is 0 Å². The minimum Gasteiger partial charge on any atom is -0.508 e. The zero-order valence-electron chi connectivity index (χ0n) is 11.8. The summed E-state index contributed by atoms with van der Waals surface area (Å²) in [5.74, 6) is 1.40. The average Bonchev–Trinajstić information content (AvgIpc) is 2.96. The maximum atomic E-state index is 9.25. The van der Waals surface area contributed by atoms with Gasteiger partial charge in [0, 0.05) is 6.42 Å². The van der Waals surface area contributed by atoms with Crippen molar-refractivity contribution in [3.8, 4) is 5.75 Å². The first-order chi connectivity index (χ1) is 10.3. The molecule has 6 heteroatoms. The number of nitrogens with one attached hydrogen (secondary N) is 1. The van der Waals surface area contributed by atoms with Crippen molar-refractivity contribution in [1.29, 1.82) is 0 Å². The molecule has 1 aliphatic rings. The van der Waals surface area contributed by atoms with Crippen LogP contribution in [0.4, 0.5) is 0 Å².